The van der Waals surface area contributed by atoms with Crippen molar-refractivity contribution in [3.05, 3.63) is 29.8 Å². The molecule has 1 aromatic rings. The first-order valence-corrected chi connectivity index (χ1v) is 8.36. The van der Waals surface area contributed by atoms with E-state index in [4.69, 9.17) is 5.73 Å². The Labute approximate surface area is 123 Å². The first kappa shape index (κ1) is 17.1. The smallest absolute Gasteiger partial charge is 0.242 e. The molecule has 0 heterocycles. The third-order valence-electron chi connectivity index (χ3n) is 3.00. The number of nitrogens with zero attached hydrogens (tertiary/aromatic N) is 1. The van der Waals surface area contributed by atoms with Crippen molar-refractivity contribution in [2.45, 2.75) is 38.5 Å². The van der Waals surface area contributed by atoms with Crippen LogP contribution in [-0.2, 0) is 16.4 Å². The van der Waals surface area contributed by atoms with Crippen molar-refractivity contribution in [1.82, 2.24) is 4.31 Å². The van der Waals surface area contributed by atoms with Gasteiger partial charge in [-0.05, 0) is 42.5 Å². The van der Waals surface area contributed by atoms with Gasteiger partial charge in [-0.2, -0.15) is 0 Å². The lowest BCUT2D eigenvalue weighted by Crippen LogP contribution is -2.34. The van der Waals surface area contributed by atoms with Gasteiger partial charge in [0.2, 0.25) is 10.0 Å². The highest BCUT2D eigenvalue weighted by Gasteiger charge is 2.25. The monoisotopic (exact) mass is 298 g/mol. The van der Waals surface area contributed by atoms with Gasteiger partial charge in [0, 0.05) is 13.6 Å². The number of sulfonamides is 1. The third kappa shape index (κ3) is 4.89. The standard InChI is InChI=1S/C15H26N2O2S/c1-15(2,3)12-17(4)20(18,19)14-9-7-13(8-10-14)6-5-11-16/h7-10H,5-6,11-12,16H2,1-4H3. The highest BCUT2D eigenvalue weighted by molar-refractivity contribution is 7.89. The maximum atomic E-state index is 12.4. The molecule has 1 aromatic carbocycles. The van der Waals surface area contributed by atoms with E-state index in [1.165, 1.54) is 4.31 Å². The van der Waals surface area contributed by atoms with Crippen LogP contribution in [0.5, 0.6) is 0 Å². The Hall–Kier alpha value is -0.910. The Bertz CT molecular complexity index is 516. The number of benzene rings is 1. The van der Waals surface area contributed by atoms with Crippen molar-refractivity contribution in [1.29, 1.82) is 0 Å². The Balaban J connectivity index is 2.87. The van der Waals surface area contributed by atoms with Crippen LogP contribution in [0.4, 0.5) is 0 Å². The van der Waals surface area contributed by atoms with Crippen molar-refractivity contribution in [2.75, 3.05) is 20.1 Å². The van der Waals surface area contributed by atoms with E-state index in [2.05, 4.69) is 0 Å². The topological polar surface area (TPSA) is 63.4 Å². The molecule has 5 heteroatoms. The van der Waals surface area contributed by atoms with Gasteiger partial charge in [-0.15, -0.1) is 0 Å². The summed E-state index contributed by atoms with van der Waals surface area (Å²) in [6.07, 6.45) is 1.80. The van der Waals surface area contributed by atoms with Gasteiger partial charge in [0.15, 0.2) is 0 Å². The average Bonchev–Trinajstić information content (AvgIpc) is 2.34. The highest BCUT2D eigenvalue weighted by Crippen LogP contribution is 2.21. The van der Waals surface area contributed by atoms with E-state index >= 15 is 0 Å². The fourth-order valence-corrected chi connectivity index (χ4v) is 3.46. The summed E-state index contributed by atoms with van der Waals surface area (Å²) in [5.74, 6) is 0. The molecule has 2 N–H and O–H groups in total. The van der Waals surface area contributed by atoms with Crippen molar-refractivity contribution in [3.8, 4) is 0 Å². The molecule has 0 radical (unpaired) electrons. The van der Waals surface area contributed by atoms with Crippen LogP contribution in [-0.4, -0.2) is 32.9 Å². The molecule has 0 unspecified atom stereocenters. The molecule has 1 rings (SSSR count). The van der Waals surface area contributed by atoms with Gasteiger partial charge in [-0.3, -0.25) is 0 Å². The van der Waals surface area contributed by atoms with Crippen LogP contribution in [0.2, 0.25) is 0 Å². The second-order valence-electron chi connectivity index (χ2n) is 6.36. The number of hydrogen-bond donors (Lipinski definition) is 1. The summed E-state index contributed by atoms with van der Waals surface area (Å²) < 4.78 is 26.3. The van der Waals surface area contributed by atoms with Gasteiger partial charge in [-0.25, -0.2) is 12.7 Å². The van der Waals surface area contributed by atoms with Crippen molar-refractivity contribution < 1.29 is 8.42 Å². The molecule has 0 aliphatic carbocycles. The Kier molecular flexibility index (Phi) is 5.74. The van der Waals surface area contributed by atoms with E-state index in [9.17, 15) is 8.42 Å². The lowest BCUT2D eigenvalue weighted by Gasteiger charge is -2.26. The number of nitrogens with two attached hydrogens (primary N) is 1. The summed E-state index contributed by atoms with van der Waals surface area (Å²) in [6.45, 7) is 7.21. The molecular formula is C15H26N2O2S. The summed E-state index contributed by atoms with van der Waals surface area (Å²) in [5, 5.41) is 0. The molecule has 0 saturated heterocycles. The predicted molar refractivity (Wildman–Crippen MR) is 83.1 cm³/mol. The summed E-state index contributed by atoms with van der Waals surface area (Å²) >= 11 is 0. The van der Waals surface area contributed by atoms with Crippen molar-refractivity contribution in [3.63, 3.8) is 0 Å². The first-order valence-electron chi connectivity index (χ1n) is 6.92. The van der Waals surface area contributed by atoms with Crippen LogP contribution < -0.4 is 5.73 Å². The van der Waals surface area contributed by atoms with E-state index < -0.39 is 10.0 Å². The van der Waals surface area contributed by atoms with Crippen molar-refractivity contribution in [2.24, 2.45) is 11.1 Å². The largest absolute Gasteiger partial charge is 0.330 e. The summed E-state index contributed by atoms with van der Waals surface area (Å²) in [4.78, 5) is 0.348. The van der Waals surface area contributed by atoms with Crippen LogP contribution in [0.1, 0.15) is 32.8 Å². The molecule has 0 amide bonds. The fraction of sp³-hybridized carbons (Fsp3) is 0.600. The average molecular weight is 298 g/mol. The van der Waals surface area contributed by atoms with Gasteiger partial charge in [-0.1, -0.05) is 32.9 Å². The summed E-state index contributed by atoms with van der Waals surface area (Å²) in [6, 6.07) is 7.10. The zero-order valence-corrected chi connectivity index (χ0v) is 13.7. The van der Waals surface area contributed by atoms with Crippen LogP contribution >= 0.6 is 0 Å². The number of aryl methyl sites for hydroxylation is 1. The minimum Gasteiger partial charge on any atom is -0.330 e. The molecule has 0 aromatic heterocycles. The highest BCUT2D eigenvalue weighted by atomic mass is 32.2. The van der Waals surface area contributed by atoms with Gasteiger partial charge in [0.25, 0.3) is 0 Å². The minimum atomic E-state index is -3.40. The second kappa shape index (κ2) is 6.70. The second-order valence-corrected chi connectivity index (χ2v) is 8.40. The molecule has 0 fully saturated rings. The number of hydrogen-bond acceptors (Lipinski definition) is 3. The molecule has 0 aliphatic rings. The van der Waals surface area contributed by atoms with Gasteiger partial charge in [0.05, 0.1) is 4.90 Å². The number of rotatable bonds is 6. The third-order valence-corrected chi connectivity index (χ3v) is 4.82. The van der Waals surface area contributed by atoms with Crippen LogP contribution in [0, 0.1) is 5.41 Å². The van der Waals surface area contributed by atoms with Crippen LogP contribution in [0.15, 0.2) is 29.2 Å². The molecular weight excluding hydrogens is 272 g/mol. The SMILES string of the molecule is CN(CC(C)(C)C)S(=O)(=O)c1ccc(CCCN)cc1. The molecule has 0 spiro atoms. The maximum absolute atomic E-state index is 12.4. The maximum Gasteiger partial charge on any atom is 0.242 e. The van der Waals surface area contributed by atoms with Crippen molar-refractivity contribution >= 4 is 10.0 Å². The zero-order chi connectivity index (χ0) is 15.4. The zero-order valence-electron chi connectivity index (χ0n) is 12.9. The Morgan fingerprint density at radius 3 is 2.15 bits per heavy atom. The van der Waals surface area contributed by atoms with E-state index in [0.29, 0.717) is 18.0 Å². The van der Waals surface area contributed by atoms with E-state index in [-0.39, 0.29) is 5.41 Å². The van der Waals surface area contributed by atoms with E-state index in [0.717, 1.165) is 18.4 Å². The lowest BCUT2D eigenvalue weighted by atomic mass is 9.97. The first-order chi connectivity index (χ1) is 9.16. The van der Waals surface area contributed by atoms with Gasteiger partial charge >= 0.3 is 0 Å². The molecule has 4 nitrogen and oxygen atoms in total. The molecule has 0 atom stereocenters. The molecule has 20 heavy (non-hydrogen) atoms. The molecule has 114 valence electrons. The summed E-state index contributed by atoms with van der Waals surface area (Å²) in [5.41, 5.74) is 6.52. The molecule has 0 aliphatic heterocycles. The molecule has 0 bridgehead atoms. The van der Waals surface area contributed by atoms with E-state index in [1.807, 2.05) is 32.9 Å². The van der Waals surface area contributed by atoms with E-state index in [1.54, 1.807) is 19.2 Å². The predicted octanol–water partition coefficient (Wildman–Crippen LogP) is 2.24. The Morgan fingerprint density at radius 1 is 1.15 bits per heavy atom. The lowest BCUT2D eigenvalue weighted by molar-refractivity contribution is 0.311. The fourth-order valence-electron chi connectivity index (χ4n) is 2.07. The summed E-state index contributed by atoms with van der Waals surface area (Å²) in [7, 11) is -1.77. The van der Waals surface area contributed by atoms with Gasteiger partial charge in [0.1, 0.15) is 0 Å². The quantitative estimate of drug-likeness (QED) is 0.876. The van der Waals surface area contributed by atoms with Gasteiger partial charge < -0.3 is 5.73 Å². The normalized spacial score (nSPS) is 12.9. The van der Waals surface area contributed by atoms with Crippen LogP contribution in [0.25, 0.3) is 0 Å². The molecule has 0 saturated carbocycles. The Morgan fingerprint density at radius 2 is 1.70 bits per heavy atom. The van der Waals surface area contributed by atoms with Crippen LogP contribution in [0.3, 0.4) is 0 Å². The minimum absolute atomic E-state index is 0.0666.